The summed E-state index contributed by atoms with van der Waals surface area (Å²) < 4.78 is 4.79. The second-order valence-corrected chi connectivity index (χ2v) is 28.2. The van der Waals surface area contributed by atoms with E-state index >= 15 is 0 Å². The molecule has 0 unspecified atom stereocenters. The molecular formula is C94H56N6S2. The standard InChI is InChI=1S/C94H56N6S2/c1-2-14-57(15-3-1)59-28-39-64(40-29-59)89-95-90(98-93(97-89)82-24-12-22-80-78-20-8-10-26-85(78)101-87(80)82)66-43-32-61(33-44-66)70-48-35-62-36-49-71(54-73(62)53-70)72-50-51-75-74(55-72)56-84(77-19-7-6-18-76(75)77)63-37-45-67(46-38-63)92-96-91(65-41-30-60(31-42-65)69-47-34-58-16-4-5-17-68(58)52-69)99-94(100-92)83-25-13-23-81-79-21-9-11-27-86(79)102-88(81)83/h1-56H. The predicted molar refractivity (Wildman–Crippen MR) is 429 cm³/mol. The summed E-state index contributed by atoms with van der Waals surface area (Å²) in [7, 11) is 0. The Labute approximate surface area is 595 Å². The topological polar surface area (TPSA) is 77.3 Å². The van der Waals surface area contributed by atoms with Crippen LogP contribution < -0.4 is 0 Å². The van der Waals surface area contributed by atoms with Gasteiger partial charge in [-0.15, -0.1) is 22.7 Å². The van der Waals surface area contributed by atoms with E-state index in [4.69, 9.17) is 29.9 Å². The highest BCUT2D eigenvalue weighted by Crippen LogP contribution is 2.44. The van der Waals surface area contributed by atoms with Gasteiger partial charge in [-0.1, -0.05) is 285 Å². The van der Waals surface area contributed by atoms with Crippen LogP contribution in [-0.2, 0) is 0 Å². The highest BCUT2D eigenvalue weighted by Gasteiger charge is 2.21. The van der Waals surface area contributed by atoms with E-state index in [-0.39, 0.29) is 0 Å². The van der Waals surface area contributed by atoms with Gasteiger partial charge in [0.25, 0.3) is 0 Å². The first kappa shape index (κ1) is 59.1. The van der Waals surface area contributed by atoms with Crippen LogP contribution in [0.25, 0.3) is 207 Å². The average molecular weight is 1330 g/mol. The molecule has 0 amide bonds. The van der Waals surface area contributed by atoms with E-state index < -0.39 is 0 Å². The van der Waals surface area contributed by atoms with E-state index in [0.717, 1.165) is 98.4 Å². The zero-order valence-corrected chi connectivity index (χ0v) is 56.5. The molecule has 0 saturated carbocycles. The van der Waals surface area contributed by atoms with Gasteiger partial charge in [0, 0.05) is 73.7 Å². The van der Waals surface area contributed by atoms with Crippen LogP contribution >= 0.6 is 22.7 Å². The van der Waals surface area contributed by atoms with Crippen LogP contribution in [0, 0.1) is 0 Å². The maximum Gasteiger partial charge on any atom is 0.165 e. The Hall–Kier alpha value is -13.0. The molecule has 0 spiro atoms. The van der Waals surface area contributed by atoms with E-state index in [0.29, 0.717) is 34.9 Å². The number of rotatable bonds is 11. The molecule has 0 saturated heterocycles. The Balaban J connectivity index is 0.620. The first-order chi connectivity index (χ1) is 50.5. The largest absolute Gasteiger partial charge is 0.208 e. The van der Waals surface area contributed by atoms with E-state index in [1.54, 1.807) is 22.7 Å². The quantitative estimate of drug-likeness (QED) is 0.120. The third-order valence-corrected chi connectivity index (χ3v) is 22.4. The molecule has 0 aliphatic heterocycles. The molecule has 20 rings (SSSR count). The first-order valence-electron chi connectivity index (χ1n) is 34.3. The van der Waals surface area contributed by atoms with Crippen LogP contribution in [0.3, 0.4) is 0 Å². The van der Waals surface area contributed by atoms with Gasteiger partial charge in [-0.3, -0.25) is 0 Å². The molecule has 6 nitrogen and oxygen atoms in total. The number of hydrogen-bond acceptors (Lipinski definition) is 8. The molecule has 0 bridgehead atoms. The fourth-order valence-corrected chi connectivity index (χ4v) is 17.2. The van der Waals surface area contributed by atoms with Crippen molar-refractivity contribution in [2.45, 2.75) is 0 Å². The lowest BCUT2D eigenvalue weighted by atomic mass is 9.91. The number of hydrogen-bond donors (Lipinski definition) is 0. The highest BCUT2D eigenvalue weighted by molar-refractivity contribution is 7.26. The van der Waals surface area contributed by atoms with Gasteiger partial charge in [0.05, 0.1) is 0 Å². The van der Waals surface area contributed by atoms with Crippen LogP contribution in [-0.4, -0.2) is 29.9 Å². The molecule has 4 heterocycles. The van der Waals surface area contributed by atoms with Gasteiger partial charge >= 0.3 is 0 Å². The van der Waals surface area contributed by atoms with E-state index in [9.17, 15) is 0 Å². The van der Waals surface area contributed by atoms with Crippen molar-refractivity contribution >= 4 is 106 Å². The normalized spacial score (nSPS) is 11.7. The second kappa shape index (κ2) is 24.5. The molecule has 0 aliphatic carbocycles. The fourth-order valence-electron chi connectivity index (χ4n) is 14.7. The van der Waals surface area contributed by atoms with Crippen molar-refractivity contribution < 1.29 is 0 Å². The van der Waals surface area contributed by atoms with Crippen LogP contribution in [0.2, 0.25) is 0 Å². The van der Waals surface area contributed by atoms with E-state index in [2.05, 4.69) is 334 Å². The van der Waals surface area contributed by atoms with Crippen molar-refractivity contribution in [1.82, 2.24) is 29.9 Å². The van der Waals surface area contributed by atoms with Gasteiger partial charge in [0.2, 0.25) is 0 Å². The van der Waals surface area contributed by atoms with E-state index in [1.807, 2.05) is 6.07 Å². The number of nitrogens with zero attached hydrogens (tertiary/aromatic N) is 6. The molecule has 0 fully saturated rings. The van der Waals surface area contributed by atoms with Crippen molar-refractivity contribution in [1.29, 1.82) is 0 Å². The third-order valence-electron chi connectivity index (χ3n) is 20.0. The van der Waals surface area contributed by atoms with Gasteiger partial charge in [-0.2, -0.15) is 0 Å². The molecule has 16 aromatic carbocycles. The Kier molecular flexibility index (Phi) is 14.2. The summed E-state index contributed by atoms with van der Waals surface area (Å²) in [5.41, 5.74) is 17.0. The smallest absolute Gasteiger partial charge is 0.165 e. The Morgan fingerprint density at radius 1 is 0.157 bits per heavy atom. The summed E-state index contributed by atoms with van der Waals surface area (Å²) in [6, 6.07) is 122. The molecule has 102 heavy (non-hydrogen) atoms. The minimum atomic E-state index is 0.616. The van der Waals surface area contributed by atoms with Gasteiger partial charge in [0.15, 0.2) is 34.9 Å². The highest BCUT2D eigenvalue weighted by atomic mass is 32.1. The SMILES string of the molecule is c1ccc(-c2ccc(-c3nc(-c4ccc(-c5ccc6ccc(-c7ccc8c(c7)cc(-c7ccc(-c9nc(-c%10ccc(-c%11ccc%12ccccc%12c%11)cc%10)nc(-c%10cccc%11c%10sc%10ccccc%10%11)n9)cc7)c7ccccc78)cc6c5)cc4)nc(-c4cccc5c4sc4ccccc45)n3)cc2)cc1. The predicted octanol–water partition coefficient (Wildman–Crippen LogP) is 25.7. The van der Waals surface area contributed by atoms with Gasteiger partial charge in [-0.25, -0.2) is 29.9 Å². The number of thiophene rings is 2. The first-order valence-corrected chi connectivity index (χ1v) is 35.9. The lowest BCUT2D eigenvalue weighted by Gasteiger charge is -2.14. The molecule has 0 atom stereocenters. The summed E-state index contributed by atoms with van der Waals surface area (Å²) in [5.74, 6) is 3.78. The van der Waals surface area contributed by atoms with Crippen LogP contribution in [0.5, 0.6) is 0 Å². The zero-order chi connectivity index (χ0) is 67.2. The minimum Gasteiger partial charge on any atom is -0.208 e. The molecule has 4 aromatic heterocycles. The third kappa shape index (κ3) is 10.6. The van der Waals surface area contributed by atoms with Crippen LogP contribution in [0.15, 0.2) is 340 Å². The summed E-state index contributed by atoms with van der Waals surface area (Å²) >= 11 is 3.56. The van der Waals surface area contributed by atoms with Crippen molar-refractivity contribution in [3.8, 4) is 124 Å². The molecular weight excluding hydrogens is 1280 g/mol. The summed E-state index contributed by atoms with van der Waals surface area (Å²) in [6.07, 6.45) is 0. The molecule has 0 radical (unpaired) electrons. The maximum atomic E-state index is 5.32. The van der Waals surface area contributed by atoms with Gasteiger partial charge < -0.3 is 0 Å². The van der Waals surface area contributed by atoms with Gasteiger partial charge in [0.1, 0.15) is 0 Å². The van der Waals surface area contributed by atoms with E-state index in [1.165, 1.54) is 74.0 Å². The Morgan fingerprint density at radius 3 is 1.00 bits per heavy atom. The second-order valence-electron chi connectivity index (χ2n) is 26.1. The maximum absolute atomic E-state index is 5.32. The lowest BCUT2D eigenvalue weighted by molar-refractivity contribution is 1.08. The van der Waals surface area contributed by atoms with Gasteiger partial charge in [-0.05, 0) is 153 Å². The van der Waals surface area contributed by atoms with Crippen LogP contribution in [0.1, 0.15) is 0 Å². The molecule has 20 aromatic rings. The summed E-state index contributed by atoms with van der Waals surface area (Å²) in [5, 5.41) is 14.4. The monoisotopic (exact) mass is 1330 g/mol. The summed E-state index contributed by atoms with van der Waals surface area (Å²) in [6.45, 7) is 0. The molecule has 0 aliphatic rings. The van der Waals surface area contributed by atoms with Crippen molar-refractivity contribution in [2.75, 3.05) is 0 Å². The fraction of sp³-hybridized carbons (Fsp3) is 0. The lowest BCUT2D eigenvalue weighted by Crippen LogP contribution is -2.00. The summed E-state index contributed by atoms with van der Waals surface area (Å²) in [4.78, 5) is 31.5. The number of aromatic nitrogens is 6. The van der Waals surface area contributed by atoms with Crippen LogP contribution in [0.4, 0.5) is 0 Å². The molecule has 8 heteroatoms. The molecule has 0 N–H and O–H groups in total. The number of benzene rings is 16. The Bertz CT molecular complexity index is 6720. The molecule has 474 valence electrons. The average Bonchev–Trinajstić information content (AvgIpc) is 1.04. The van der Waals surface area contributed by atoms with Crippen molar-refractivity contribution in [3.63, 3.8) is 0 Å². The zero-order valence-electron chi connectivity index (χ0n) is 54.8. The Morgan fingerprint density at radius 2 is 0.490 bits per heavy atom. The van der Waals surface area contributed by atoms with Crippen molar-refractivity contribution in [3.05, 3.63) is 340 Å². The number of fused-ring (bicyclic) bond motifs is 11. The van der Waals surface area contributed by atoms with Crippen molar-refractivity contribution in [2.24, 2.45) is 0 Å². The minimum absolute atomic E-state index is 0.616.